The van der Waals surface area contributed by atoms with E-state index in [-0.39, 0.29) is 6.10 Å². The zero-order valence-electron chi connectivity index (χ0n) is 17.4. The summed E-state index contributed by atoms with van der Waals surface area (Å²) < 4.78 is 11.6. The Hall–Kier alpha value is -3.95. The van der Waals surface area contributed by atoms with Gasteiger partial charge in [0.15, 0.2) is 11.5 Å². The molecule has 5 heterocycles. The van der Waals surface area contributed by atoms with Gasteiger partial charge in [-0.1, -0.05) is 0 Å². The van der Waals surface area contributed by atoms with Crippen LogP contribution in [0.5, 0.6) is 5.75 Å². The van der Waals surface area contributed by atoms with E-state index in [0.29, 0.717) is 17.3 Å². The number of hydrogen-bond acceptors (Lipinski definition) is 7. The van der Waals surface area contributed by atoms with E-state index in [1.165, 1.54) is 0 Å². The number of aromatic nitrogens is 8. The Bertz CT molecular complexity index is 1440. The molecule has 10 nitrogen and oxygen atoms in total. The Morgan fingerprint density at radius 1 is 1.03 bits per heavy atom. The van der Waals surface area contributed by atoms with E-state index in [1.807, 2.05) is 56.3 Å². The van der Waals surface area contributed by atoms with Gasteiger partial charge in [-0.15, -0.1) is 0 Å². The summed E-state index contributed by atoms with van der Waals surface area (Å²) in [6, 6.07) is 5.83. The molecule has 10 heteroatoms. The van der Waals surface area contributed by atoms with Crippen LogP contribution in [0.4, 0.5) is 11.6 Å². The fourth-order valence-electron chi connectivity index (χ4n) is 3.61. The van der Waals surface area contributed by atoms with Gasteiger partial charge in [0.25, 0.3) is 0 Å². The van der Waals surface area contributed by atoms with Crippen molar-refractivity contribution in [2.75, 3.05) is 5.32 Å². The number of rotatable bonds is 5. The van der Waals surface area contributed by atoms with Gasteiger partial charge < -0.3 is 14.6 Å². The Kier molecular flexibility index (Phi) is 3.76. The molecule has 0 unspecified atom stereocenters. The Morgan fingerprint density at radius 2 is 1.90 bits per heavy atom. The van der Waals surface area contributed by atoms with Gasteiger partial charge in [-0.25, -0.2) is 15.0 Å². The van der Waals surface area contributed by atoms with Crippen molar-refractivity contribution in [3.05, 3.63) is 36.8 Å². The van der Waals surface area contributed by atoms with Crippen molar-refractivity contribution < 1.29 is 4.74 Å². The molecule has 1 aliphatic rings. The van der Waals surface area contributed by atoms with Crippen LogP contribution in [0, 0.1) is 0 Å². The van der Waals surface area contributed by atoms with Crippen molar-refractivity contribution >= 4 is 33.7 Å². The van der Waals surface area contributed by atoms with E-state index in [9.17, 15) is 0 Å². The molecule has 0 aliphatic heterocycles. The number of ether oxygens (including phenoxy) is 1. The zero-order valence-corrected chi connectivity index (χ0v) is 17.4. The average molecular weight is 415 g/mol. The molecule has 0 spiro atoms. The molecule has 0 saturated heterocycles. The summed E-state index contributed by atoms with van der Waals surface area (Å²) in [5.41, 5.74) is 2.32. The van der Waals surface area contributed by atoms with Crippen LogP contribution in [0.2, 0.25) is 0 Å². The Morgan fingerprint density at radius 3 is 2.74 bits per heavy atom. The summed E-state index contributed by atoms with van der Waals surface area (Å²) >= 11 is 0. The number of nitrogens with zero attached hydrogens (tertiary/aromatic N) is 8. The van der Waals surface area contributed by atoms with Crippen LogP contribution in [-0.4, -0.2) is 45.2 Å². The van der Waals surface area contributed by atoms with Crippen LogP contribution in [0.3, 0.4) is 0 Å². The fraction of sp³-hybridized carbons (Fsp3) is 0.286. The number of nitrogens with one attached hydrogen (secondary N) is 1. The van der Waals surface area contributed by atoms with Crippen LogP contribution in [-0.2, 0) is 21.1 Å². The first-order valence-electron chi connectivity index (χ1n) is 10.1. The molecule has 31 heavy (non-hydrogen) atoms. The van der Waals surface area contributed by atoms with Crippen molar-refractivity contribution in [2.24, 2.45) is 21.1 Å². The monoisotopic (exact) mass is 415 g/mol. The van der Waals surface area contributed by atoms with Gasteiger partial charge >= 0.3 is 0 Å². The van der Waals surface area contributed by atoms with Crippen molar-refractivity contribution in [1.82, 2.24) is 39.1 Å². The summed E-state index contributed by atoms with van der Waals surface area (Å²) in [4.78, 5) is 13.9. The molecule has 6 rings (SSSR count). The first-order valence-corrected chi connectivity index (χ1v) is 10.1. The molecule has 1 fully saturated rings. The van der Waals surface area contributed by atoms with Crippen LogP contribution >= 0.6 is 0 Å². The Balaban J connectivity index is 1.36. The van der Waals surface area contributed by atoms with E-state index in [4.69, 9.17) is 9.72 Å². The van der Waals surface area contributed by atoms with Crippen LogP contribution < -0.4 is 10.1 Å². The molecule has 0 atom stereocenters. The van der Waals surface area contributed by atoms with Crippen molar-refractivity contribution in [2.45, 2.75) is 18.9 Å². The maximum Gasteiger partial charge on any atom is 0.182 e. The zero-order chi connectivity index (χ0) is 21.1. The summed E-state index contributed by atoms with van der Waals surface area (Å²) in [7, 11) is 5.71. The second-order valence-corrected chi connectivity index (χ2v) is 7.89. The molecular formula is C21H21N9O. The number of hydrogen-bond donors (Lipinski definition) is 1. The van der Waals surface area contributed by atoms with E-state index < -0.39 is 0 Å². The van der Waals surface area contributed by atoms with Gasteiger partial charge in [0, 0.05) is 51.1 Å². The quantitative estimate of drug-likeness (QED) is 0.471. The van der Waals surface area contributed by atoms with Gasteiger partial charge in [-0.3, -0.25) is 9.36 Å². The van der Waals surface area contributed by atoms with E-state index in [0.717, 1.165) is 46.5 Å². The smallest absolute Gasteiger partial charge is 0.182 e. The first-order chi connectivity index (χ1) is 15.0. The van der Waals surface area contributed by atoms with Gasteiger partial charge in [-0.2, -0.15) is 10.2 Å². The average Bonchev–Trinajstić information content (AvgIpc) is 3.23. The third kappa shape index (κ3) is 3.07. The largest absolute Gasteiger partial charge is 0.489 e. The lowest BCUT2D eigenvalue weighted by molar-refractivity contribution is 0.307. The topological polar surface area (TPSA) is 101 Å². The number of fused-ring (bicyclic) bond motifs is 2. The van der Waals surface area contributed by atoms with Gasteiger partial charge in [0.2, 0.25) is 0 Å². The molecule has 5 aromatic heterocycles. The second-order valence-electron chi connectivity index (χ2n) is 7.89. The lowest BCUT2D eigenvalue weighted by atomic mass is 10.3. The minimum Gasteiger partial charge on any atom is -0.489 e. The predicted octanol–water partition coefficient (Wildman–Crippen LogP) is 2.94. The van der Waals surface area contributed by atoms with Crippen LogP contribution in [0.1, 0.15) is 12.8 Å². The predicted molar refractivity (Wildman–Crippen MR) is 116 cm³/mol. The van der Waals surface area contributed by atoms with Crippen molar-refractivity contribution in [3.8, 4) is 17.3 Å². The Labute approximate surface area is 177 Å². The number of pyridine rings is 1. The summed E-state index contributed by atoms with van der Waals surface area (Å²) in [6.45, 7) is 0. The maximum atomic E-state index is 6.10. The second kappa shape index (κ2) is 6.53. The highest BCUT2D eigenvalue weighted by atomic mass is 16.5. The third-order valence-electron chi connectivity index (χ3n) is 5.46. The maximum absolute atomic E-state index is 6.10. The molecule has 1 aliphatic carbocycles. The van der Waals surface area contributed by atoms with Gasteiger partial charge in [-0.05, 0) is 18.9 Å². The molecule has 5 aromatic rings. The standard InChI is InChI=1S/C21H21N9O/c1-28-7-6-12-10-22-19(26-20(12)28)15-8-18(29(2)27-15)24-17-9-16(31-13-4-5-13)14-11-23-30(3)21(14)25-17/h6-11,13H,4-5H2,1-3H3,(H,24,25). The van der Waals surface area contributed by atoms with Gasteiger partial charge in [0.1, 0.15) is 28.7 Å². The lowest BCUT2D eigenvalue weighted by Crippen LogP contribution is -2.04. The summed E-state index contributed by atoms with van der Waals surface area (Å²) in [5.74, 6) is 2.81. The van der Waals surface area contributed by atoms with E-state index in [2.05, 4.69) is 25.5 Å². The third-order valence-corrected chi connectivity index (χ3v) is 5.46. The first kappa shape index (κ1) is 17.9. The van der Waals surface area contributed by atoms with Crippen molar-refractivity contribution in [3.63, 3.8) is 0 Å². The molecule has 0 bridgehead atoms. The highest BCUT2D eigenvalue weighted by molar-refractivity contribution is 5.84. The van der Waals surface area contributed by atoms with Crippen molar-refractivity contribution in [1.29, 1.82) is 0 Å². The SMILES string of the molecule is Cn1nc(-c2ncc3ccn(C)c3n2)cc1Nc1cc(OC2CC2)c2cnn(C)c2n1. The fourth-order valence-corrected chi connectivity index (χ4v) is 3.61. The van der Waals surface area contributed by atoms with E-state index in [1.54, 1.807) is 15.6 Å². The summed E-state index contributed by atoms with van der Waals surface area (Å²) in [5, 5.41) is 14.2. The highest BCUT2D eigenvalue weighted by Gasteiger charge is 2.25. The van der Waals surface area contributed by atoms with Gasteiger partial charge in [0.05, 0.1) is 17.7 Å². The lowest BCUT2D eigenvalue weighted by Gasteiger charge is -2.10. The number of anilines is 2. The van der Waals surface area contributed by atoms with Crippen LogP contribution in [0.15, 0.2) is 36.8 Å². The minimum absolute atomic E-state index is 0.284. The highest BCUT2D eigenvalue weighted by Crippen LogP contribution is 2.34. The normalized spacial score (nSPS) is 13.9. The molecule has 0 amide bonds. The van der Waals surface area contributed by atoms with Crippen LogP contribution in [0.25, 0.3) is 33.6 Å². The molecule has 0 aromatic carbocycles. The molecular weight excluding hydrogens is 394 g/mol. The number of aryl methyl sites for hydroxylation is 3. The molecule has 156 valence electrons. The minimum atomic E-state index is 0.284. The summed E-state index contributed by atoms with van der Waals surface area (Å²) in [6.07, 6.45) is 8.04. The molecule has 1 N–H and O–H groups in total. The molecule has 1 saturated carbocycles. The molecule has 0 radical (unpaired) electrons. The van der Waals surface area contributed by atoms with E-state index >= 15 is 0 Å².